The van der Waals surface area contributed by atoms with Gasteiger partial charge in [-0.15, -0.1) is 0 Å². The highest BCUT2D eigenvalue weighted by Gasteiger charge is 2.25. The molecule has 1 atom stereocenters. The number of urea groups is 1. The molecule has 0 bridgehead atoms. The molecule has 6 heteroatoms. The Morgan fingerprint density at radius 2 is 1.86 bits per heavy atom. The van der Waals surface area contributed by atoms with Crippen LogP contribution in [0.15, 0.2) is 30.3 Å². The molecule has 1 aromatic carbocycles. The van der Waals surface area contributed by atoms with Crippen LogP contribution in [0.25, 0.3) is 0 Å². The van der Waals surface area contributed by atoms with Crippen molar-refractivity contribution in [2.24, 2.45) is 5.92 Å². The maximum Gasteiger partial charge on any atom is 0.317 e. The summed E-state index contributed by atoms with van der Waals surface area (Å²) < 4.78 is 23.3. The molecule has 1 aliphatic rings. The lowest BCUT2D eigenvalue weighted by atomic mass is 9.99. The van der Waals surface area contributed by atoms with Gasteiger partial charge in [0.15, 0.2) is 0 Å². The normalized spacial score (nSPS) is 18.0. The zero-order valence-corrected chi connectivity index (χ0v) is 14.0. The third-order valence-corrected chi connectivity index (χ3v) is 4.98. The maximum absolute atomic E-state index is 12.4. The quantitative estimate of drug-likeness (QED) is 0.923. The van der Waals surface area contributed by atoms with Gasteiger partial charge in [0.25, 0.3) is 0 Å². The van der Waals surface area contributed by atoms with Crippen molar-refractivity contribution in [3.63, 3.8) is 0 Å². The molecule has 1 aromatic rings. The van der Waals surface area contributed by atoms with Crippen molar-refractivity contribution in [1.29, 1.82) is 0 Å². The Labute approximate surface area is 132 Å². The Morgan fingerprint density at radius 3 is 2.41 bits per heavy atom. The van der Waals surface area contributed by atoms with Gasteiger partial charge < -0.3 is 10.2 Å². The van der Waals surface area contributed by atoms with Crippen LogP contribution in [-0.4, -0.2) is 44.4 Å². The van der Waals surface area contributed by atoms with Crippen LogP contribution in [0.3, 0.4) is 0 Å². The van der Waals surface area contributed by atoms with Crippen LogP contribution in [0.2, 0.25) is 0 Å². The summed E-state index contributed by atoms with van der Waals surface area (Å²) >= 11 is 0. The van der Waals surface area contributed by atoms with E-state index in [0.717, 1.165) is 31.5 Å². The van der Waals surface area contributed by atoms with E-state index in [1.807, 2.05) is 30.3 Å². The van der Waals surface area contributed by atoms with Crippen LogP contribution >= 0.6 is 0 Å². The highest BCUT2D eigenvalue weighted by Crippen LogP contribution is 2.18. The number of benzene rings is 1. The number of hydrogen-bond acceptors (Lipinski definition) is 3. The van der Waals surface area contributed by atoms with Gasteiger partial charge in [0, 0.05) is 19.3 Å². The first kappa shape index (κ1) is 16.8. The summed E-state index contributed by atoms with van der Waals surface area (Å²) in [7, 11) is -3.19. The number of carbonyl (C=O) groups is 1. The van der Waals surface area contributed by atoms with Gasteiger partial charge >= 0.3 is 6.03 Å². The number of nitrogens with one attached hydrogen (secondary N) is 1. The van der Waals surface area contributed by atoms with Gasteiger partial charge in [-0.05, 0) is 24.3 Å². The largest absolute Gasteiger partial charge is 0.330 e. The van der Waals surface area contributed by atoms with Crippen molar-refractivity contribution < 1.29 is 13.2 Å². The monoisotopic (exact) mass is 324 g/mol. The van der Waals surface area contributed by atoms with Gasteiger partial charge in [0.2, 0.25) is 0 Å². The Hall–Kier alpha value is -1.56. The van der Waals surface area contributed by atoms with E-state index in [4.69, 9.17) is 0 Å². The minimum atomic E-state index is -3.19. The fourth-order valence-electron chi connectivity index (χ4n) is 2.66. The minimum Gasteiger partial charge on any atom is -0.330 e. The zero-order valence-electron chi connectivity index (χ0n) is 13.2. The lowest BCUT2D eigenvalue weighted by Crippen LogP contribution is -2.46. The molecule has 0 spiro atoms. The maximum atomic E-state index is 12.4. The van der Waals surface area contributed by atoms with Crippen LogP contribution in [0.5, 0.6) is 0 Å². The predicted molar refractivity (Wildman–Crippen MR) is 87.4 cm³/mol. The summed E-state index contributed by atoms with van der Waals surface area (Å²) in [5, 5.41) is 2.88. The van der Waals surface area contributed by atoms with Crippen molar-refractivity contribution in [2.75, 3.05) is 25.1 Å². The van der Waals surface area contributed by atoms with E-state index in [-0.39, 0.29) is 11.8 Å². The molecule has 1 fully saturated rings. The third kappa shape index (κ3) is 5.02. The number of nitrogens with zero attached hydrogens (tertiary/aromatic N) is 1. The second-order valence-corrected chi connectivity index (χ2v) is 8.36. The predicted octanol–water partition coefficient (Wildman–Crippen LogP) is 2.21. The Kier molecular flexibility index (Phi) is 5.45. The van der Waals surface area contributed by atoms with Crippen molar-refractivity contribution in [1.82, 2.24) is 10.2 Å². The van der Waals surface area contributed by atoms with Crippen LogP contribution in [0.4, 0.5) is 4.79 Å². The van der Waals surface area contributed by atoms with Crippen molar-refractivity contribution in [3.8, 4) is 0 Å². The molecule has 1 heterocycles. The molecule has 0 aliphatic carbocycles. The van der Waals surface area contributed by atoms with E-state index in [0.29, 0.717) is 5.92 Å². The van der Waals surface area contributed by atoms with E-state index in [1.165, 1.54) is 6.26 Å². The standard InChI is InChI=1S/C16H24N2O3S/c1-13-8-10-18(11-9-13)16(19)17-15(12-22(2,20)21)14-6-4-3-5-7-14/h3-7,13,15H,8-12H2,1-2H3,(H,17,19). The highest BCUT2D eigenvalue weighted by molar-refractivity contribution is 7.90. The molecule has 22 heavy (non-hydrogen) atoms. The summed E-state index contributed by atoms with van der Waals surface area (Å²) in [6, 6.07) is 8.56. The first-order valence-electron chi connectivity index (χ1n) is 7.63. The molecule has 0 aromatic heterocycles. The fourth-order valence-corrected chi connectivity index (χ4v) is 3.54. The molecular weight excluding hydrogens is 300 g/mol. The van der Waals surface area contributed by atoms with E-state index in [2.05, 4.69) is 12.2 Å². The average Bonchev–Trinajstić information content (AvgIpc) is 2.47. The zero-order chi connectivity index (χ0) is 16.2. The smallest absolute Gasteiger partial charge is 0.317 e. The van der Waals surface area contributed by atoms with Gasteiger partial charge in [-0.25, -0.2) is 13.2 Å². The summed E-state index contributed by atoms with van der Waals surface area (Å²) in [6.07, 6.45) is 3.18. The van der Waals surface area contributed by atoms with Crippen LogP contribution in [0.1, 0.15) is 31.4 Å². The van der Waals surface area contributed by atoms with Crippen LogP contribution in [0, 0.1) is 5.92 Å². The Balaban J connectivity index is 2.08. The van der Waals surface area contributed by atoms with Gasteiger partial charge in [-0.2, -0.15) is 0 Å². The number of carbonyl (C=O) groups excluding carboxylic acids is 1. The number of likely N-dealkylation sites (tertiary alicyclic amines) is 1. The van der Waals surface area contributed by atoms with Gasteiger partial charge in [0.05, 0.1) is 11.8 Å². The van der Waals surface area contributed by atoms with Crippen molar-refractivity contribution in [3.05, 3.63) is 35.9 Å². The van der Waals surface area contributed by atoms with Crippen molar-refractivity contribution >= 4 is 15.9 Å². The van der Waals surface area contributed by atoms with Crippen molar-refractivity contribution in [2.45, 2.75) is 25.8 Å². The van der Waals surface area contributed by atoms with E-state index in [9.17, 15) is 13.2 Å². The molecular formula is C16H24N2O3S. The van der Waals surface area contributed by atoms with E-state index in [1.54, 1.807) is 4.90 Å². The number of rotatable bonds is 4. The van der Waals surface area contributed by atoms with Gasteiger partial charge in [0.1, 0.15) is 9.84 Å². The van der Waals surface area contributed by atoms with Crippen LogP contribution in [-0.2, 0) is 9.84 Å². The summed E-state index contributed by atoms with van der Waals surface area (Å²) in [6.45, 7) is 3.65. The Bertz CT molecular complexity index is 593. The molecule has 0 radical (unpaired) electrons. The molecule has 5 nitrogen and oxygen atoms in total. The van der Waals surface area contributed by atoms with Crippen LogP contribution < -0.4 is 5.32 Å². The lowest BCUT2D eigenvalue weighted by Gasteiger charge is -2.32. The first-order valence-corrected chi connectivity index (χ1v) is 9.69. The number of piperidine rings is 1. The molecule has 2 amide bonds. The fraction of sp³-hybridized carbons (Fsp3) is 0.562. The molecule has 0 saturated carbocycles. The topological polar surface area (TPSA) is 66.5 Å². The molecule has 122 valence electrons. The summed E-state index contributed by atoms with van der Waals surface area (Å²) in [4.78, 5) is 14.2. The molecule has 2 rings (SSSR count). The third-order valence-electron chi connectivity index (χ3n) is 4.04. The summed E-state index contributed by atoms with van der Waals surface area (Å²) in [5.74, 6) is 0.553. The lowest BCUT2D eigenvalue weighted by molar-refractivity contribution is 0.171. The number of amides is 2. The average molecular weight is 324 g/mol. The Morgan fingerprint density at radius 1 is 1.27 bits per heavy atom. The minimum absolute atomic E-state index is 0.0903. The van der Waals surface area contributed by atoms with Gasteiger partial charge in [-0.1, -0.05) is 37.3 Å². The van der Waals surface area contributed by atoms with E-state index < -0.39 is 15.9 Å². The molecule has 1 saturated heterocycles. The molecule has 1 N–H and O–H groups in total. The molecule has 1 unspecified atom stereocenters. The van der Waals surface area contributed by atoms with E-state index >= 15 is 0 Å². The first-order chi connectivity index (χ1) is 10.3. The summed E-state index contributed by atoms with van der Waals surface area (Å²) in [5.41, 5.74) is 0.812. The molecule has 1 aliphatic heterocycles. The number of sulfone groups is 1. The SMILES string of the molecule is CC1CCN(C(=O)NC(CS(C)(=O)=O)c2ccccc2)CC1. The number of hydrogen-bond donors (Lipinski definition) is 1. The highest BCUT2D eigenvalue weighted by atomic mass is 32.2. The second-order valence-electron chi connectivity index (χ2n) is 6.17. The second kappa shape index (κ2) is 7.13. The van der Waals surface area contributed by atoms with Gasteiger partial charge in [-0.3, -0.25) is 0 Å².